The van der Waals surface area contributed by atoms with E-state index in [0.29, 0.717) is 28.6 Å². The summed E-state index contributed by atoms with van der Waals surface area (Å²) in [4.78, 5) is 28.6. The van der Waals surface area contributed by atoms with Gasteiger partial charge in [-0.2, -0.15) is 0 Å². The van der Waals surface area contributed by atoms with Gasteiger partial charge in [-0.1, -0.05) is 24.6 Å². The summed E-state index contributed by atoms with van der Waals surface area (Å²) < 4.78 is 6.87. The number of nitrogens with zero attached hydrogens (tertiary/aromatic N) is 2. The number of hydrogen-bond acceptors (Lipinski definition) is 4. The first-order valence-electron chi connectivity index (χ1n) is 8.25. The van der Waals surface area contributed by atoms with Crippen LogP contribution in [-0.4, -0.2) is 27.9 Å². The van der Waals surface area contributed by atoms with E-state index >= 15 is 0 Å². The number of pyridine rings is 1. The van der Waals surface area contributed by atoms with Gasteiger partial charge in [-0.05, 0) is 36.8 Å². The highest BCUT2D eigenvalue weighted by molar-refractivity contribution is 6.30. The molecule has 3 rings (SSSR count). The number of rotatable bonds is 6. The van der Waals surface area contributed by atoms with Crippen molar-refractivity contribution in [1.82, 2.24) is 9.38 Å². The first-order valence-corrected chi connectivity index (χ1v) is 8.63. The predicted octanol–water partition coefficient (Wildman–Crippen LogP) is 3.74. The van der Waals surface area contributed by atoms with E-state index in [1.165, 1.54) is 0 Å². The molecule has 0 aliphatic carbocycles. The lowest BCUT2D eigenvalue weighted by Gasteiger charge is -2.07. The number of aromatic nitrogens is 2. The Balaban J connectivity index is 1.66. The Hall–Kier alpha value is -2.86. The summed E-state index contributed by atoms with van der Waals surface area (Å²) in [6.07, 6.45) is 4.37. The molecule has 0 atom stereocenters. The molecule has 134 valence electrons. The summed E-state index contributed by atoms with van der Waals surface area (Å²) in [6.45, 7) is 2.30. The van der Waals surface area contributed by atoms with Crippen molar-refractivity contribution in [2.75, 3.05) is 11.9 Å². The van der Waals surface area contributed by atoms with Crippen LogP contribution in [0, 0.1) is 0 Å². The van der Waals surface area contributed by atoms with E-state index in [1.54, 1.807) is 53.2 Å². The molecule has 1 aromatic carbocycles. The van der Waals surface area contributed by atoms with E-state index in [1.807, 2.05) is 6.92 Å². The van der Waals surface area contributed by atoms with Crippen molar-refractivity contribution in [1.29, 1.82) is 0 Å². The van der Waals surface area contributed by atoms with Gasteiger partial charge in [0, 0.05) is 18.1 Å². The van der Waals surface area contributed by atoms with Gasteiger partial charge >= 0.3 is 5.97 Å². The molecule has 0 fully saturated rings. The van der Waals surface area contributed by atoms with Crippen LogP contribution in [0.1, 0.15) is 29.4 Å². The number of carbonyl (C=O) groups excluding carboxylic acids is 2. The zero-order valence-electron chi connectivity index (χ0n) is 14.2. The third kappa shape index (κ3) is 4.40. The number of hydrogen-bond donors (Lipinski definition) is 1. The van der Waals surface area contributed by atoms with Crippen LogP contribution in [0.15, 0.2) is 48.8 Å². The predicted molar refractivity (Wildman–Crippen MR) is 99.6 cm³/mol. The minimum Gasteiger partial charge on any atom is -0.462 e. The van der Waals surface area contributed by atoms with Crippen molar-refractivity contribution >= 4 is 34.8 Å². The molecule has 3 aromatic rings. The second-order valence-electron chi connectivity index (χ2n) is 5.79. The Bertz CT molecular complexity index is 952. The van der Waals surface area contributed by atoms with Crippen molar-refractivity contribution < 1.29 is 14.3 Å². The Morgan fingerprint density at radius 3 is 2.88 bits per heavy atom. The lowest BCUT2D eigenvalue weighted by atomic mass is 10.2. The smallest absolute Gasteiger partial charge is 0.338 e. The summed E-state index contributed by atoms with van der Waals surface area (Å²) >= 11 is 5.95. The average Bonchev–Trinajstić information content (AvgIpc) is 3.00. The molecule has 2 heterocycles. The van der Waals surface area contributed by atoms with Crippen LogP contribution >= 0.6 is 11.6 Å². The third-order valence-electron chi connectivity index (χ3n) is 3.63. The van der Waals surface area contributed by atoms with Gasteiger partial charge in [0.2, 0.25) is 5.91 Å². The molecule has 0 aliphatic heterocycles. The molecule has 0 saturated carbocycles. The van der Waals surface area contributed by atoms with Crippen LogP contribution in [0.2, 0.25) is 5.02 Å². The monoisotopic (exact) mass is 371 g/mol. The maximum atomic E-state index is 12.3. The van der Waals surface area contributed by atoms with E-state index in [-0.39, 0.29) is 12.3 Å². The lowest BCUT2D eigenvalue weighted by Crippen LogP contribution is -2.15. The molecule has 0 radical (unpaired) electrons. The van der Waals surface area contributed by atoms with Crippen LogP contribution in [0.5, 0.6) is 0 Å². The minimum absolute atomic E-state index is 0.115. The first kappa shape index (κ1) is 17.9. The van der Waals surface area contributed by atoms with Crippen molar-refractivity contribution in [2.24, 2.45) is 0 Å². The third-order valence-corrected chi connectivity index (χ3v) is 3.85. The van der Waals surface area contributed by atoms with E-state index in [9.17, 15) is 9.59 Å². The van der Waals surface area contributed by atoms with Gasteiger partial charge in [0.15, 0.2) is 0 Å². The fourth-order valence-electron chi connectivity index (χ4n) is 2.47. The molecule has 0 aliphatic rings. The van der Waals surface area contributed by atoms with Gasteiger partial charge in [-0.25, -0.2) is 9.78 Å². The molecule has 6 nitrogen and oxygen atoms in total. The van der Waals surface area contributed by atoms with Crippen molar-refractivity contribution in [2.45, 2.75) is 19.8 Å². The molecule has 0 unspecified atom stereocenters. The van der Waals surface area contributed by atoms with Crippen LogP contribution in [0.3, 0.4) is 0 Å². The van der Waals surface area contributed by atoms with Gasteiger partial charge in [0.1, 0.15) is 5.65 Å². The average molecular weight is 372 g/mol. The Labute approximate surface area is 155 Å². The molecular weight excluding hydrogens is 354 g/mol. The summed E-state index contributed by atoms with van der Waals surface area (Å²) in [5.41, 5.74) is 2.28. The van der Waals surface area contributed by atoms with E-state index in [4.69, 9.17) is 16.3 Å². The Kier molecular flexibility index (Phi) is 5.53. The number of esters is 1. The number of halogens is 1. The quantitative estimate of drug-likeness (QED) is 0.670. The van der Waals surface area contributed by atoms with E-state index in [0.717, 1.165) is 12.1 Å². The number of anilines is 1. The summed E-state index contributed by atoms with van der Waals surface area (Å²) in [5, 5.41) is 3.37. The van der Waals surface area contributed by atoms with Gasteiger partial charge < -0.3 is 14.5 Å². The second-order valence-corrected chi connectivity index (χ2v) is 6.22. The molecule has 1 N–H and O–H groups in total. The number of amides is 1. The topological polar surface area (TPSA) is 72.7 Å². The summed E-state index contributed by atoms with van der Waals surface area (Å²) in [6, 6.07) is 10.2. The maximum Gasteiger partial charge on any atom is 0.338 e. The van der Waals surface area contributed by atoms with E-state index < -0.39 is 5.97 Å². The van der Waals surface area contributed by atoms with Crippen LogP contribution in [0.25, 0.3) is 5.65 Å². The standard InChI is InChI=1S/C19H18ClN3O3/c1-2-8-26-19(25)13-4-3-5-15(9-13)22-18(24)10-16-12-23-11-14(20)6-7-17(23)21-16/h3-7,9,11-12H,2,8,10H2,1H3,(H,22,24). The summed E-state index contributed by atoms with van der Waals surface area (Å²) in [5.74, 6) is -0.626. The molecule has 2 aromatic heterocycles. The Morgan fingerprint density at radius 2 is 2.08 bits per heavy atom. The normalized spacial score (nSPS) is 10.7. The number of carbonyl (C=O) groups is 2. The largest absolute Gasteiger partial charge is 0.462 e. The first-order chi connectivity index (χ1) is 12.5. The molecule has 0 saturated heterocycles. The SMILES string of the molecule is CCCOC(=O)c1cccc(NC(=O)Cc2cn3cc(Cl)ccc3n2)c1. The fourth-order valence-corrected chi connectivity index (χ4v) is 2.64. The number of imidazole rings is 1. The molecule has 7 heteroatoms. The second kappa shape index (κ2) is 8.01. The number of fused-ring (bicyclic) bond motifs is 1. The highest BCUT2D eigenvalue weighted by Crippen LogP contribution is 2.14. The number of nitrogens with one attached hydrogen (secondary N) is 1. The lowest BCUT2D eigenvalue weighted by molar-refractivity contribution is -0.115. The highest BCUT2D eigenvalue weighted by Gasteiger charge is 2.11. The van der Waals surface area contributed by atoms with Crippen LogP contribution in [-0.2, 0) is 16.0 Å². The van der Waals surface area contributed by atoms with Crippen molar-refractivity contribution in [3.63, 3.8) is 0 Å². The number of benzene rings is 1. The zero-order chi connectivity index (χ0) is 18.5. The maximum absolute atomic E-state index is 12.3. The Morgan fingerprint density at radius 1 is 1.23 bits per heavy atom. The molecule has 1 amide bonds. The molecule has 26 heavy (non-hydrogen) atoms. The van der Waals surface area contributed by atoms with Crippen molar-refractivity contribution in [3.8, 4) is 0 Å². The molecular formula is C19H18ClN3O3. The van der Waals surface area contributed by atoms with Gasteiger partial charge in [-0.15, -0.1) is 0 Å². The van der Waals surface area contributed by atoms with Gasteiger partial charge in [0.05, 0.1) is 29.3 Å². The molecule has 0 spiro atoms. The van der Waals surface area contributed by atoms with E-state index in [2.05, 4.69) is 10.3 Å². The van der Waals surface area contributed by atoms with Gasteiger partial charge in [0.25, 0.3) is 0 Å². The van der Waals surface area contributed by atoms with Crippen molar-refractivity contribution in [3.05, 3.63) is 65.1 Å². The molecule has 0 bridgehead atoms. The number of ether oxygens (including phenoxy) is 1. The minimum atomic E-state index is -0.403. The fraction of sp³-hybridized carbons (Fsp3) is 0.211. The highest BCUT2D eigenvalue weighted by atomic mass is 35.5. The van der Waals surface area contributed by atoms with Crippen LogP contribution in [0.4, 0.5) is 5.69 Å². The van der Waals surface area contributed by atoms with Gasteiger partial charge in [-0.3, -0.25) is 4.79 Å². The van der Waals surface area contributed by atoms with Crippen LogP contribution < -0.4 is 5.32 Å². The zero-order valence-corrected chi connectivity index (χ0v) is 15.0. The summed E-state index contributed by atoms with van der Waals surface area (Å²) in [7, 11) is 0.